The largest absolute Gasteiger partial charge is 0.480 e. The van der Waals surface area contributed by atoms with Crippen LogP contribution in [0.3, 0.4) is 0 Å². The van der Waals surface area contributed by atoms with Crippen LogP contribution in [0.15, 0.2) is 0 Å². The second kappa shape index (κ2) is 19.0. The number of methoxy groups -OCH3 is 2. The standard InChI is InChI=1S/C32H59N5O8/c1-12-20(6)28(36(9)32(43)27(19(4)5)35-31(42)26(33-8)18(2)3)23(44-10)16-24(38)37-15-13-14-22(37)29(45-11)21(7)30(41)34-17-25(39)40/h18-23,26-29,33H,12-17H2,1-11H3,(H,34,41)(H,35,42)(H,39,40)/t20?,21?,22?,23?,26?,27-,28?,29?/m0/s1. The van der Waals surface area contributed by atoms with Gasteiger partial charge in [-0.05, 0) is 37.6 Å². The van der Waals surface area contributed by atoms with Gasteiger partial charge in [-0.15, -0.1) is 0 Å². The van der Waals surface area contributed by atoms with Gasteiger partial charge in [-0.1, -0.05) is 54.9 Å². The summed E-state index contributed by atoms with van der Waals surface area (Å²) < 4.78 is 11.6. The zero-order chi connectivity index (χ0) is 34.6. The van der Waals surface area contributed by atoms with Crippen molar-refractivity contribution in [1.82, 2.24) is 25.8 Å². The Bertz CT molecular complexity index is 993. The quantitative estimate of drug-likeness (QED) is 0.163. The Kier molecular flexibility index (Phi) is 17.0. The van der Waals surface area contributed by atoms with Crippen LogP contribution in [0.5, 0.6) is 0 Å². The van der Waals surface area contributed by atoms with Crippen LogP contribution >= 0.6 is 0 Å². The molecule has 1 heterocycles. The molecule has 260 valence electrons. The number of carboxylic acids is 1. The normalized spacial score (nSPS) is 19.8. The lowest BCUT2D eigenvalue weighted by atomic mass is 9.89. The summed E-state index contributed by atoms with van der Waals surface area (Å²) in [5.41, 5.74) is 0. The van der Waals surface area contributed by atoms with Crippen LogP contribution in [0.4, 0.5) is 0 Å². The minimum atomic E-state index is -1.15. The number of likely N-dealkylation sites (tertiary alicyclic amines) is 1. The van der Waals surface area contributed by atoms with Crippen molar-refractivity contribution in [3.8, 4) is 0 Å². The molecule has 1 fully saturated rings. The van der Waals surface area contributed by atoms with Crippen molar-refractivity contribution < 1.29 is 38.6 Å². The highest BCUT2D eigenvalue weighted by molar-refractivity contribution is 5.90. The van der Waals surface area contributed by atoms with E-state index in [1.54, 1.807) is 30.8 Å². The lowest BCUT2D eigenvalue weighted by Gasteiger charge is -2.41. The van der Waals surface area contributed by atoms with Crippen LogP contribution < -0.4 is 16.0 Å². The van der Waals surface area contributed by atoms with Gasteiger partial charge in [-0.25, -0.2) is 0 Å². The van der Waals surface area contributed by atoms with Crippen molar-refractivity contribution in [2.45, 2.75) is 111 Å². The fourth-order valence-corrected chi connectivity index (χ4v) is 6.37. The maximum Gasteiger partial charge on any atom is 0.322 e. The zero-order valence-corrected chi connectivity index (χ0v) is 29.2. The number of ether oxygens (including phenoxy) is 2. The minimum absolute atomic E-state index is 0.00351. The highest BCUT2D eigenvalue weighted by Gasteiger charge is 2.43. The van der Waals surface area contributed by atoms with Gasteiger partial charge < -0.3 is 40.3 Å². The first-order valence-electron chi connectivity index (χ1n) is 16.2. The maximum absolute atomic E-state index is 14.0. The molecule has 8 atom stereocenters. The summed E-state index contributed by atoms with van der Waals surface area (Å²) in [5, 5.41) is 17.3. The van der Waals surface area contributed by atoms with Gasteiger partial charge in [0.1, 0.15) is 12.6 Å². The molecule has 0 aromatic carbocycles. The third kappa shape index (κ3) is 10.9. The van der Waals surface area contributed by atoms with Gasteiger partial charge in [0, 0.05) is 27.8 Å². The molecule has 13 heteroatoms. The number of nitrogens with one attached hydrogen (secondary N) is 3. The molecule has 45 heavy (non-hydrogen) atoms. The number of likely N-dealkylation sites (N-methyl/N-ethyl adjacent to an activating group) is 2. The fraction of sp³-hybridized carbons (Fsp3) is 0.844. The van der Waals surface area contributed by atoms with E-state index in [4.69, 9.17) is 14.6 Å². The average molecular weight is 642 g/mol. The van der Waals surface area contributed by atoms with E-state index in [9.17, 15) is 24.0 Å². The Balaban J connectivity index is 3.23. The molecule has 0 saturated carbocycles. The first-order chi connectivity index (χ1) is 21.1. The molecule has 0 radical (unpaired) electrons. The molecule has 4 N–H and O–H groups in total. The molecule has 7 unspecified atom stereocenters. The lowest BCUT2D eigenvalue weighted by Crippen LogP contribution is -2.59. The van der Waals surface area contributed by atoms with Crippen LogP contribution in [0, 0.1) is 23.7 Å². The zero-order valence-electron chi connectivity index (χ0n) is 29.2. The van der Waals surface area contributed by atoms with Gasteiger partial charge in [0.2, 0.25) is 23.6 Å². The van der Waals surface area contributed by atoms with Gasteiger partial charge in [-0.3, -0.25) is 24.0 Å². The first-order valence-corrected chi connectivity index (χ1v) is 16.2. The van der Waals surface area contributed by atoms with Gasteiger partial charge in [0.05, 0.1) is 42.7 Å². The number of nitrogens with zero attached hydrogens (tertiary/aromatic N) is 2. The van der Waals surface area contributed by atoms with E-state index in [1.165, 1.54) is 14.2 Å². The molecule has 1 aliphatic heterocycles. The Morgan fingerprint density at radius 3 is 2.02 bits per heavy atom. The van der Waals surface area contributed by atoms with E-state index in [0.29, 0.717) is 13.0 Å². The highest BCUT2D eigenvalue weighted by atomic mass is 16.5. The number of hydrogen-bond acceptors (Lipinski definition) is 8. The van der Waals surface area contributed by atoms with Crippen LogP contribution in [-0.4, -0.2) is 122 Å². The van der Waals surface area contributed by atoms with Gasteiger partial charge >= 0.3 is 5.97 Å². The Hall–Kier alpha value is -2.77. The molecule has 0 bridgehead atoms. The Morgan fingerprint density at radius 1 is 0.956 bits per heavy atom. The molecular weight excluding hydrogens is 582 g/mol. The molecule has 0 spiro atoms. The lowest BCUT2D eigenvalue weighted by molar-refractivity contribution is -0.148. The number of amides is 4. The maximum atomic E-state index is 14.0. The summed E-state index contributed by atoms with van der Waals surface area (Å²) in [6.07, 6.45) is 0.817. The van der Waals surface area contributed by atoms with Crippen molar-refractivity contribution in [2.75, 3.05) is 41.4 Å². The molecule has 1 saturated heterocycles. The number of rotatable bonds is 19. The number of carbonyl (C=O) groups excluding carboxylic acids is 4. The summed E-state index contributed by atoms with van der Waals surface area (Å²) in [4.78, 5) is 67.9. The number of carbonyl (C=O) groups is 5. The van der Waals surface area contributed by atoms with Crippen LogP contribution in [0.1, 0.15) is 74.1 Å². The molecule has 1 aliphatic rings. The summed E-state index contributed by atoms with van der Waals surface area (Å²) in [7, 11) is 6.43. The SMILES string of the molecule is CCC(C)C(C(CC(=O)N1CCCC1C(OC)C(C)C(=O)NCC(=O)O)OC)N(C)C(=O)[C@@H](NC(=O)C(NC)C(C)C)C(C)C. The average Bonchev–Trinajstić information content (AvgIpc) is 3.47. The van der Waals surface area contributed by atoms with Crippen molar-refractivity contribution >= 4 is 29.6 Å². The van der Waals surface area contributed by atoms with Crippen molar-refractivity contribution in [2.24, 2.45) is 23.7 Å². The van der Waals surface area contributed by atoms with E-state index in [1.807, 2.05) is 41.5 Å². The predicted molar refractivity (Wildman–Crippen MR) is 171 cm³/mol. The third-order valence-corrected chi connectivity index (χ3v) is 9.16. The highest BCUT2D eigenvalue weighted by Crippen LogP contribution is 2.29. The van der Waals surface area contributed by atoms with E-state index in [-0.39, 0.29) is 47.9 Å². The smallest absolute Gasteiger partial charge is 0.322 e. The second-order valence-corrected chi connectivity index (χ2v) is 12.9. The predicted octanol–water partition coefficient (Wildman–Crippen LogP) is 1.49. The number of hydrogen-bond donors (Lipinski definition) is 4. The van der Waals surface area contributed by atoms with Crippen LogP contribution in [-0.2, 0) is 33.4 Å². The second-order valence-electron chi connectivity index (χ2n) is 12.9. The van der Waals surface area contributed by atoms with Crippen LogP contribution in [0.2, 0.25) is 0 Å². The summed E-state index contributed by atoms with van der Waals surface area (Å²) in [5.74, 6) is -3.16. The molecule has 0 aliphatic carbocycles. The number of aliphatic carboxylic acids is 1. The summed E-state index contributed by atoms with van der Waals surface area (Å²) in [6, 6.07) is -2.06. The molecule has 1 rings (SSSR count). The van der Waals surface area contributed by atoms with E-state index in [2.05, 4.69) is 16.0 Å². The topological polar surface area (TPSA) is 167 Å². The fourth-order valence-electron chi connectivity index (χ4n) is 6.37. The summed E-state index contributed by atoms with van der Waals surface area (Å²) in [6.45, 7) is 13.3. The van der Waals surface area contributed by atoms with Crippen molar-refractivity contribution in [1.29, 1.82) is 0 Å². The monoisotopic (exact) mass is 641 g/mol. The molecule has 4 amide bonds. The molecule has 0 aromatic rings. The van der Waals surface area contributed by atoms with E-state index >= 15 is 0 Å². The van der Waals surface area contributed by atoms with E-state index < -0.39 is 54.7 Å². The molecule has 13 nitrogen and oxygen atoms in total. The van der Waals surface area contributed by atoms with Crippen molar-refractivity contribution in [3.63, 3.8) is 0 Å². The van der Waals surface area contributed by atoms with Gasteiger partial charge in [0.25, 0.3) is 0 Å². The Morgan fingerprint density at radius 2 is 1.56 bits per heavy atom. The molecular formula is C32H59N5O8. The van der Waals surface area contributed by atoms with Gasteiger partial charge in [-0.2, -0.15) is 0 Å². The van der Waals surface area contributed by atoms with Gasteiger partial charge in [0.15, 0.2) is 0 Å². The third-order valence-electron chi connectivity index (χ3n) is 9.16. The summed E-state index contributed by atoms with van der Waals surface area (Å²) >= 11 is 0. The Labute approximate surface area is 269 Å². The van der Waals surface area contributed by atoms with Crippen LogP contribution in [0.25, 0.3) is 0 Å². The molecule has 0 aromatic heterocycles. The first kappa shape index (κ1) is 40.3. The number of carboxylic acid groups (broad SMARTS) is 1. The van der Waals surface area contributed by atoms with E-state index in [0.717, 1.165) is 12.8 Å². The van der Waals surface area contributed by atoms with Crippen molar-refractivity contribution in [3.05, 3.63) is 0 Å². The minimum Gasteiger partial charge on any atom is -0.480 e.